The van der Waals surface area contributed by atoms with Gasteiger partial charge in [0.25, 0.3) is 0 Å². The molecule has 0 saturated carbocycles. The van der Waals surface area contributed by atoms with Crippen LogP contribution in [0, 0.1) is 6.92 Å². The van der Waals surface area contributed by atoms with E-state index in [9.17, 15) is 0 Å². The number of aryl methyl sites for hydroxylation is 1. The Hall–Kier alpha value is -2.66. The zero-order valence-corrected chi connectivity index (χ0v) is 23.5. The van der Waals surface area contributed by atoms with Crippen LogP contribution >= 0.6 is 0 Å². The van der Waals surface area contributed by atoms with Gasteiger partial charge in [-0.3, -0.25) is 4.98 Å². The first-order valence-corrected chi connectivity index (χ1v) is 11.2. The standard InChI is InChI=1S/C17H20N6.C9H13N.Pt/c1-6-11-10(2)15(23-20-11)16-18-8-7-12(19-16)13-9-14(22-21-13)17(3,4)5;1-9(2,3)8-4-6-10-7-5-8;/h7-9H,6H2,1-5H3;4-7H,1-3H3;/q-2;;+2. The Labute approximate surface area is 216 Å². The summed E-state index contributed by atoms with van der Waals surface area (Å²) in [6.45, 7) is 17.0. The van der Waals surface area contributed by atoms with E-state index in [1.54, 1.807) is 6.20 Å². The van der Waals surface area contributed by atoms with Gasteiger partial charge in [0.15, 0.2) is 0 Å². The molecule has 0 bridgehead atoms. The van der Waals surface area contributed by atoms with E-state index in [4.69, 9.17) is 0 Å². The molecule has 4 aromatic heterocycles. The molecule has 7 nitrogen and oxygen atoms in total. The number of rotatable bonds is 3. The van der Waals surface area contributed by atoms with Crippen LogP contribution < -0.4 is 10.2 Å². The van der Waals surface area contributed by atoms with Gasteiger partial charge in [0.2, 0.25) is 0 Å². The van der Waals surface area contributed by atoms with Crippen LogP contribution in [0.4, 0.5) is 0 Å². The zero-order valence-electron chi connectivity index (χ0n) is 21.2. The van der Waals surface area contributed by atoms with Crippen molar-refractivity contribution < 1.29 is 21.1 Å². The molecule has 8 heteroatoms. The Kier molecular flexibility index (Phi) is 9.07. The quantitative estimate of drug-likeness (QED) is 0.310. The van der Waals surface area contributed by atoms with Crippen LogP contribution in [0.3, 0.4) is 0 Å². The number of pyridine rings is 1. The first-order chi connectivity index (χ1) is 15.5. The Morgan fingerprint density at radius 2 is 1.53 bits per heavy atom. The van der Waals surface area contributed by atoms with E-state index in [2.05, 4.69) is 95.9 Å². The van der Waals surface area contributed by atoms with Crippen LogP contribution in [0.15, 0.2) is 42.9 Å². The van der Waals surface area contributed by atoms with Gasteiger partial charge in [0.1, 0.15) is 5.82 Å². The molecular formula is C26H33N7Pt. The normalized spacial score (nSPS) is 11.4. The molecule has 0 aromatic carbocycles. The van der Waals surface area contributed by atoms with E-state index in [-0.39, 0.29) is 31.9 Å². The molecule has 0 amide bonds. The van der Waals surface area contributed by atoms with E-state index in [1.807, 2.05) is 31.5 Å². The van der Waals surface area contributed by atoms with Crippen molar-refractivity contribution in [3.8, 4) is 22.9 Å². The van der Waals surface area contributed by atoms with Crippen molar-refractivity contribution in [3.05, 3.63) is 65.4 Å². The summed E-state index contributed by atoms with van der Waals surface area (Å²) < 4.78 is 0. The third-order valence-corrected chi connectivity index (χ3v) is 5.38. The largest absolute Gasteiger partial charge is 2.00 e. The van der Waals surface area contributed by atoms with Gasteiger partial charge in [0.05, 0.1) is 5.69 Å². The SMILES string of the molecule is CC(C)(C)c1ccncc1.CCc1n[n-]c(-c2nccc(-c3cc(C(C)(C)C)n[n-]3)n2)c1C.[Pt+2]. The van der Waals surface area contributed by atoms with E-state index in [1.165, 1.54) is 5.56 Å². The average Bonchev–Trinajstić information content (AvgIpc) is 3.41. The number of hydrogen-bond acceptors (Lipinski definition) is 5. The van der Waals surface area contributed by atoms with Crippen molar-refractivity contribution in [1.29, 1.82) is 0 Å². The molecule has 0 fully saturated rings. The molecule has 34 heavy (non-hydrogen) atoms. The van der Waals surface area contributed by atoms with Crippen molar-refractivity contribution in [1.82, 2.24) is 35.3 Å². The van der Waals surface area contributed by atoms with Crippen molar-refractivity contribution in [3.63, 3.8) is 0 Å². The minimum atomic E-state index is -0.0368. The maximum absolute atomic E-state index is 4.60. The third-order valence-electron chi connectivity index (χ3n) is 5.38. The van der Waals surface area contributed by atoms with Gasteiger partial charge >= 0.3 is 21.1 Å². The second-order valence-corrected chi connectivity index (χ2v) is 10.1. The summed E-state index contributed by atoms with van der Waals surface area (Å²) in [4.78, 5) is 12.9. The van der Waals surface area contributed by atoms with Crippen LogP contribution in [0.5, 0.6) is 0 Å². The predicted octanol–water partition coefficient (Wildman–Crippen LogP) is 5.06. The molecule has 0 aliphatic carbocycles. The third kappa shape index (κ3) is 6.69. The van der Waals surface area contributed by atoms with Crippen molar-refractivity contribution >= 4 is 0 Å². The van der Waals surface area contributed by atoms with Crippen molar-refractivity contribution in [2.45, 2.75) is 72.6 Å². The Morgan fingerprint density at radius 1 is 0.853 bits per heavy atom. The van der Waals surface area contributed by atoms with Crippen LogP contribution in [-0.4, -0.2) is 25.1 Å². The van der Waals surface area contributed by atoms with E-state index >= 15 is 0 Å². The van der Waals surface area contributed by atoms with Gasteiger partial charge < -0.3 is 20.4 Å². The summed E-state index contributed by atoms with van der Waals surface area (Å²) in [6, 6.07) is 7.93. The fourth-order valence-electron chi connectivity index (χ4n) is 3.20. The zero-order chi connectivity index (χ0) is 24.2. The minimum absolute atomic E-state index is 0. The molecule has 0 unspecified atom stereocenters. The van der Waals surface area contributed by atoms with Crippen molar-refractivity contribution in [2.24, 2.45) is 0 Å². The maximum atomic E-state index is 4.60. The second-order valence-electron chi connectivity index (χ2n) is 10.1. The first-order valence-electron chi connectivity index (χ1n) is 11.2. The van der Waals surface area contributed by atoms with Gasteiger partial charge in [-0.05, 0) is 48.1 Å². The molecule has 0 aliphatic heterocycles. The summed E-state index contributed by atoms with van der Waals surface area (Å²) in [7, 11) is 0. The molecule has 0 atom stereocenters. The van der Waals surface area contributed by atoms with E-state index in [0.29, 0.717) is 5.82 Å². The van der Waals surface area contributed by atoms with Gasteiger partial charge in [-0.15, -0.1) is 0 Å². The van der Waals surface area contributed by atoms with Crippen LogP contribution in [0.2, 0.25) is 0 Å². The maximum Gasteiger partial charge on any atom is 2.00 e. The summed E-state index contributed by atoms with van der Waals surface area (Å²) in [5, 5.41) is 16.9. The fourth-order valence-corrected chi connectivity index (χ4v) is 3.20. The first kappa shape index (κ1) is 27.6. The molecule has 0 aliphatic rings. The molecule has 4 aromatic rings. The molecule has 0 saturated heterocycles. The summed E-state index contributed by atoms with van der Waals surface area (Å²) in [6.07, 6.45) is 6.24. The molecule has 0 spiro atoms. The monoisotopic (exact) mass is 638 g/mol. The second kappa shape index (κ2) is 11.2. The van der Waals surface area contributed by atoms with Crippen LogP contribution in [0.1, 0.15) is 71.0 Å². The molecule has 182 valence electrons. The van der Waals surface area contributed by atoms with Crippen molar-refractivity contribution in [2.75, 3.05) is 0 Å². The Bertz CT molecular complexity index is 1180. The van der Waals surface area contributed by atoms with Crippen LogP contribution in [0.25, 0.3) is 22.9 Å². The minimum Gasteiger partial charge on any atom is -0.573 e. The predicted molar refractivity (Wildman–Crippen MR) is 131 cm³/mol. The van der Waals surface area contributed by atoms with E-state index in [0.717, 1.165) is 40.5 Å². The Balaban J connectivity index is 0.000000314. The van der Waals surface area contributed by atoms with Crippen LogP contribution in [-0.2, 0) is 38.3 Å². The fraction of sp³-hybridized carbons (Fsp3) is 0.423. The van der Waals surface area contributed by atoms with E-state index < -0.39 is 0 Å². The molecule has 4 heterocycles. The molecule has 0 radical (unpaired) electrons. The topological polar surface area (TPSA) is 92.6 Å². The number of hydrogen-bond donors (Lipinski definition) is 0. The summed E-state index contributed by atoms with van der Waals surface area (Å²) in [5.41, 5.74) is 6.76. The molecular weight excluding hydrogens is 605 g/mol. The summed E-state index contributed by atoms with van der Waals surface area (Å²) >= 11 is 0. The van der Waals surface area contributed by atoms with Gasteiger partial charge in [-0.1, -0.05) is 65.9 Å². The van der Waals surface area contributed by atoms with Gasteiger partial charge in [-0.2, -0.15) is 0 Å². The molecule has 0 N–H and O–H groups in total. The Morgan fingerprint density at radius 3 is 2.03 bits per heavy atom. The average molecular weight is 639 g/mol. The molecule has 4 rings (SSSR count). The smallest absolute Gasteiger partial charge is 0.573 e. The number of aromatic nitrogens is 7. The van der Waals surface area contributed by atoms with Gasteiger partial charge in [0, 0.05) is 35.4 Å². The number of nitrogens with zero attached hydrogens (tertiary/aromatic N) is 7. The van der Waals surface area contributed by atoms with Gasteiger partial charge in [-0.25, -0.2) is 9.97 Å². The summed E-state index contributed by atoms with van der Waals surface area (Å²) in [5.74, 6) is 0.576.